The molecule has 2 atom stereocenters. The van der Waals surface area contributed by atoms with E-state index in [1.54, 1.807) is 4.80 Å². The molecule has 0 aliphatic carbocycles. The average Bonchev–Trinajstić information content (AvgIpc) is 3.03. The number of aryl methyl sites for hydroxylation is 2. The van der Waals surface area contributed by atoms with Crippen LogP contribution in [0.2, 0.25) is 0 Å². The van der Waals surface area contributed by atoms with Gasteiger partial charge in [-0.2, -0.15) is 15.0 Å². The largest absolute Gasteiger partial charge is 0.379 e. The van der Waals surface area contributed by atoms with Crippen molar-refractivity contribution in [2.45, 2.75) is 39.9 Å². The number of nitrogens with zero attached hydrogens (tertiary/aromatic N) is 5. The molecule has 2 aliphatic heterocycles. The van der Waals surface area contributed by atoms with E-state index < -0.39 is 0 Å². The van der Waals surface area contributed by atoms with Crippen LogP contribution in [0.4, 0.5) is 0 Å². The third-order valence-electron chi connectivity index (χ3n) is 4.74. The van der Waals surface area contributed by atoms with Crippen LogP contribution in [0.1, 0.15) is 25.2 Å². The molecule has 2 fully saturated rings. The van der Waals surface area contributed by atoms with E-state index in [0.717, 1.165) is 63.9 Å². The molecular weight excluding hydrogens is 266 g/mol. The van der Waals surface area contributed by atoms with E-state index in [4.69, 9.17) is 4.74 Å². The van der Waals surface area contributed by atoms with Crippen molar-refractivity contribution in [3.63, 3.8) is 0 Å². The van der Waals surface area contributed by atoms with Crippen molar-refractivity contribution in [1.82, 2.24) is 24.8 Å². The van der Waals surface area contributed by atoms with Crippen LogP contribution in [-0.2, 0) is 17.8 Å². The van der Waals surface area contributed by atoms with Gasteiger partial charge in [0.2, 0.25) is 0 Å². The Morgan fingerprint density at radius 1 is 1.19 bits per heavy atom. The summed E-state index contributed by atoms with van der Waals surface area (Å²) in [5, 5.41) is 9.04. The summed E-state index contributed by atoms with van der Waals surface area (Å²) in [6.45, 7) is 14.5. The van der Waals surface area contributed by atoms with E-state index in [9.17, 15) is 0 Å². The highest BCUT2D eigenvalue weighted by Crippen LogP contribution is 2.24. The number of ether oxygens (including phenoxy) is 1. The number of likely N-dealkylation sites (tertiary alicyclic amines) is 1. The molecule has 0 aromatic carbocycles. The van der Waals surface area contributed by atoms with Crippen LogP contribution in [0.3, 0.4) is 0 Å². The van der Waals surface area contributed by atoms with Gasteiger partial charge in [-0.1, -0.05) is 6.92 Å². The third-order valence-corrected chi connectivity index (χ3v) is 4.74. The molecule has 2 unspecified atom stereocenters. The molecule has 0 spiro atoms. The van der Waals surface area contributed by atoms with Gasteiger partial charge in [0.1, 0.15) is 0 Å². The lowest BCUT2D eigenvalue weighted by atomic mass is 10.0. The lowest BCUT2D eigenvalue weighted by Crippen LogP contribution is -2.46. The minimum Gasteiger partial charge on any atom is -0.379 e. The molecule has 3 heterocycles. The first-order valence-electron chi connectivity index (χ1n) is 8.12. The number of aromatic nitrogens is 3. The minimum absolute atomic E-state index is 0.662. The molecule has 0 N–H and O–H groups in total. The zero-order valence-corrected chi connectivity index (χ0v) is 13.5. The van der Waals surface area contributed by atoms with E-state index in [2.05, 4.69) is 40.8 Å². The van der Waals surface area contributed by atoms with Gasteiger partial charge in [0.15, 0.2) is 0 Å². The van der Waals surface area contributed by atoms with Crippen LogP contribution in [0.25, 0.3) is 0 Å². The maximum atomic E-state index is 5.47. The topological polar surface area (TPSA) is 46.4 Å². The Morgan fingerprint density at radius 3 is 2.62 bits per heavy atom. The van der Waals surface area contributed by atoms with Crippen molar-refractivity contribution < 1.29 is 4.74 Å². The van der Waals surface area contributed by atoms with Gasteiger partial charge < -0.3 is 4.74 Å². The van der Waals surface area contributed by atoms with E-state index in [0.29, 0.717) is 12.0 Å². The van der Waals surface area contributed by atoms with Gasteiger partial charge >= 0.3 is 0 Å². The summed E-state index contributed by atoms with van der Waals surface area (Å²) in [5.41, 5.74) is 2.20. The fourth-order valence-corrected chi connectivity index (χ4v) is 3.53. The molecule has 2 saturated heterocycles. The van der Waals surface area contributed by atoms with Crippen molar-refractivity contribution >= 4 is 0 Å². The van der Waals surface area contributed by atoms with Gasteiger partial charge in [-0.3, -0.25) is 9.80 Å². The Bertz CT molecular complexity index is 469. The predicted molar refractivity (Wildman–Crippen MR) is 81.1 cm³/mol. The first kappa shape index (κ1) is 14.9. The van der Waals surface area contributed by atoms with Crippen LogP contribution in [0.15, 0.2) is 0 Å². The predicted octanol–water partition coefficient (Wildman–Crippen LogP) is 0.759. The van der Waals surface area contributed by atoms with E-state index in [1.807, 2.05) is 0 Å². The Balaban J connectivity index is 1.61. The summed E-state index contributed by atoms with van der Waals surface area (Å²) in [6, 6.07) is 0.662. The molecule has 6 nitrogen and oxygen atoms in total. The monoisotopic (exact) mass is 293 g/mol. The molecule has 1 aromatic rings. The van der Waals surface area contributed by atoms with Gasteiger partial charge in [-0.15, -0.1) is 0 Å². The van der Waals surface area contributed by atoms with Crippen molar-refractivity contribution in [3.05, 3.63) is 11.4 Å². The Kier molecular flexibility index (Phi) is 4.57. The molecule has 3 rings (SSSR count). The summed E-state index contributed by atoms with van der Waals surface area (Å²) in [4.78, 5) is 6.93. The van der Waals surface area contributed by atoms with Gasteiger partial charge in [0.25, 0.3) is 0 Å². The summed E-state index contributed by atoms with van der Waals surface area (Å²) in [6.07, 6.45) is 0. The van der Waals surface area contributed by atoms with E-state index in [1.165, 1.54) is 0 Å². The van der Waals surface area contributed by atoms with Crippen molar-refractivity contribution in [3.8, 4) is 0 Å². The number of hydrogen-bond donors (Lipinski definition) is 0. The smallest absolute Gasteiger partial charge is 0.0996 e. The molecule has 0 amide bonds. The van der Waals surface area contributed by atoms with E-state index in [-0.39, 0.29) is 0 Å². The second kappa shape index (κ2) is 6.42. The summed E-state index contributed by atoms with van der Waals surface area (Å²) >= 11 is 0. The highest BCUT2D eigenvalue weighted by molar-refractivity contribution is 5.07. The molecule has 0 radical (unpaired) electrons. The van der Waals surface area contributed by atoms with Crippen LogP contribution >= 0.6 is 0 Å². The average molecular weight is 293 g/mol. The zero-order valence-electron chi connectivity index (χ0n) is 13.5. The van der Waals surface area contributed by atoms with Crippen LogP contribution in [0.5, 0.6) is 0 Å². The van der Waals surface area contributed by atoms with Crippen LogP contribution in [-0.4, -0.2) is 70.2 Å². The Labute approximate surface area is 127 Å². The lowest BCUT2D eigenvalue weighted by Gasteiger charge is -2.34. The Hall–Kier alpha value is -0.980. The molecular formula is C15H27N5O. The maximum Gasteiger partial charge on any atom is 0.0996 e. The van der Waals surface area contributed by atoms with Gasteiger partial charge in [-0.05, 0) is 19.8 Å². The third kappa shape index (κ3) is 3.27. The van der Waals surface area contributed by atoms with Crippen molar-refractivity contribution in [2.75, 3.05) is 39.4 Å². The highest BCUT2D eigenvalue weighted by Gasteiger charge is 2.34. The first-order valence-corrected chi connectivity index (χ1v) is 8.12. The van der Waals surface area contributed by atoms with Crippen molar-refractivity contribution in [2.24, 2.45) is 5.92 Å². The molecule has 0 saturated carbocycles. The summed E-state index contributed by atoms with van der Waals surface area (Å²) < 4.78 is 5.47. The molecule has 0 bridgehead atoms. The minimum atomic E-state index is 0.662. The molecule has 6 heteroatoms. The Morgan fingerprint density at radius 2 is 1.95 bits per heavy atom. The fraction of sp³-hybridized carbons (Fsp3) is 0.867. The molecule has 21 heavy (non-hydrogen) atoms. The highest BCUT2D eigenvalue weighted by atomic mass is 16.5. The normalized spacial score (nSPS) is 28.3. The summed E-state index contributed by atoms with van der Waals surface area (Å²) in [7, 11) is 0. The fourth-order valence-electron chi connectivity index (χ4n) is 3.53. The van der Waals surface area contributed by atoms with Gasteiger partial charge in [-0.25, -0.2) is 0 Å². The van der Waals surface area contributed by atoms with Gasteiger partial charge in [0.05, 0.1) is 31.1 Å². The quantitative estimate of drug-likeness (QED) is 0.820. The second-order valence-electron chi connectivity index (χ2n) is 6.31. The molecule has 1 aromatic heterocycles. The standard InChI is InChI=1S/C15H27N5O/c1-4-20-16-13(3)14(17-20)10-18-9-12(2)15(11-18)19-5-7-21-8-6-19/h12,15H,4-11H2,1-3H3. The first-order chi connectivity index (χ1) is 10.2. The number of rotatable bonds is 4. The maximum absolute atomic E-state index is 5.47. The van der Waals surface area contributed by atoms with Gasteiger partial charge in [0, 0.05) is 38.8 Å². The molecule has 118 valence electrons. The number of morpholine rings is 1. The van der Waals surface area contributed by atoms with Crippen LogP contribution < -0.4 is 0 Å². The second-order valence-corrected chi connectivity index (χ2v) is 6.31. The zero-order chi connectivity index (χ0) is 14.8. The van der Waals surface area contributed by atoms with Crippen molar-refractivity contribution in [1.29, 1.82) is 0 Å². The SMILES string of the molecule is CCn1nc(C)c(CN2CC(C)C(N3CCOCC3)C2)n1. The van der Waals surface area contributed by atoms with Crippen LogP contribution in [0, 0.1) is 12.8 Å². The lowest BCUT2D eigenvalue weighted by molar-refractivity contribution is 0.0117. The molecule has 2 aliphatic rings. The summed E-state index contributed by atoms with van der Waals surface area (Å²) in [5.74, 6) is 0.713. The number of hydrogen-bond acceptors (Lipinski definition) is 5. The van der Waals surface area contributed by atoms with E-state index >= 15 is 0 Å².